The highest BCUT2D eigenvalue weighted by Crippen LogP contribution is 2.24. The van der Waals surface area contributed by atoms with Crippen molar-refractivity contribution in [1.82, 2.24) is 4.98 Å². The molecule has 14 heavy (non-hydrogen) atoms. The number of halogens is 2. The molecular weight excluding hydrogens is 249 g/mol. The monoisotopic (exact) mass is 255 g/mol. The number of aryl methyl sites for hydroxylation is 1. The molecule has 72 valence electrons. The second-order valence-corrected chi connectivity index (χ2v) is 3.73. The Morgan fingerprint density at radius 3 is 2.79 bits per heavy atom. The summed E-state index contributed by atoms with van der Waals surface area (Å²) in [7, 11) is 0. The number of rotatable bonds is 1. The van der Waals surface area contributed by atoms with Crippen molar-refractivity contribution < 1.29 is 8.81 Å². The molecule has 2 rings (SSSR count). The van der Waals surface area contributed by atoms with Gasteiger partial charge in [-0.25, -0.2) is 9.37 Å². The average molecular weight is 256 g/mol. The van der Waals surface area contributed by atoms with Gasteiger partial charge in [-0.3, -0.25) is 0 Å². The third-order valence-corrected chi connectivity index (χ3v) is 2.44. The summed E-state index contributed by atoms with van der Waals surface area (Å²) in [6.07, 6.45) is 1.55. The van der Waals surface area contributed by atoms with E-state index in [2.05, 4.69) is 20.9 Å². The van der Waals surface area contributed by atoms with Crippen molar-refractivity contribution in [2.45, 2.75) is 6.92 Å². The number of benzene rings is 1. The van der Waals surface area contributed by atoms with Crippen LogP contribution in [0.15, 0.2) is 33.4 Å². The summed E-state index contributed by atoms with van der Waals surface area (Å²) in [4.78, 5) is 4.14. The number of oxazole rings is 1. The van der Waals surface area contributed by atoms with E-state index in [1.54, 1.807) is 25.3 Å². The number of hydrogen-bond acceptors (Lipinski definition) is 2. The lowest BCUT2D eigenvalue weighted by Gasteiger charge is -1.97. The first-order valence-electron chi connectivity index (χ1n) is 4.04. The van der Waals surface area contributed by atoms with Crippen molar-refractivity contribution in [1.29, 1.82) is 0 Å². The van der Waals surface area contributed by atoms with Crippen LogP contribution in [0.2, 0.25) is 0 Å². The second kappa shape index (κ2) is 3.53. The van der Waals surface area contributed by atoms with Gasteiger partial charge in [0.15, 0.2) is 5.89 Å². The van der Waals surface area contributed by atoms with Gasteiger partial charge in [0.25, 0.3) is 0 Å². The molecule has 0 unspecified atom stereocenters. The maximum Gasteiger partial charge on any atom is 0.191 e. The molecule has 1 aromatic carbocycles. The van der Waals surface area contributed by atoms with Gasteiger partial charge in [0.2, 0.25) is 0 Å². The SMILES string of the molecule is Cc1nc(-c2ccc(F)c(Br)c2)co1. The summed E-state index contributed by atoms with van der Waals surface area (Å²) >= 11 is 3.12. The average Bonchev–Trinajstić information content (AvgIpc) is 2.57. The number of aromatic nitrogens is 1. The third kappa shape index (κ3) is 1.70. The zero-order valence-electron chi connectivity index (χ0n) is 7.42. The fraction of sp³-hybridized carbons (Fsp3) is 0.100. The Balaban J connectivity index is 2.47. The largest absolute Gasteiger partial charge is 0.449 e. The molecule has 0 aliphatic rings. The van der Waals surface area contributed by atoms with Crippen molar-refractivity contribution >= 4 is 15.9 Å². The maximum atomic E-state index is 12.9. The van der Waals surface area contributed by atoms with Gasteiger partial charge in [-0.2, -0.15) is 0 Å². The molecule has 0 spiro atoms. The van der Waals surface area contributed by atoms with Gasteiger partial charge >= 0.3 is 0 Å². The highest BCUT2D eigenvalue weighted by Gasteiger charge is 2.05. The molecule has 0 aliphatic carbocycles. The molecule has 0 saturated carbocycles. The Bertz CT molecular complexity index is 467. The van der Waals surface area contributed by atoms with Crippen molar-refractivity contribution in [2.24, 2.45) is 0 Å². The van der Waals surface area contributed by atoms with Crippen molar-refractivity contribution in [2.75, 3.05) is 0 Å². The van der Waals surface area contributed by atoms with E-state index in [1.807, 2.05) is 0 Å². The molecule has 0 amide bonds. The molecule has 0 aliphatic heterocycles. The summed E-state index contributed by atoms with van der Waals surface area (Å²) in [6, 6.07) is 4.73. The van der Waals surface area contributed by atoms with Gasteiger partial charge in [-0.05, 0) is 34.1 Å². The first kappa shape index (κ1) is 9.40. The van der Waals surface area contributed by atoms with Crippen LogP contribution >= 0.6 is 15.9 Å². The third-order valence-electron chi connectivity index (χ3n) is 1.83. The first-order valence-corrected chi connectivity index (χ1v) is 4.83. The minimum Gasteiger partial charge on any atom is -0.449 e. The van der Waals surface area contributed by atoms with Crippen LogP contribution in [0.25, 0.3) is 11.3 Å². The molecule has 0 radical (unpaired) electrons. The summed E-state index contributed by atoms with van der Waals surface area (Å²) in [5, 5.41) is 0. The summed E-state index contributed by atoms with van der Waals surface area (Å²) in [6.45, 7) is 1.77. The lowest BCUT2D eigenvalue weighted by Crippen LogP contribution is -1.81. The highest BCUT2D eigenvalue weighted by molar-refractivity contribution is 9.10. The second-order valence-electron chi connectivity index (χ2n) is 2.88. The molecule has 2 aromatic rings. The van der Waals surface area contributed by atoms with Gasteiger partial charge in [-0.15, -0.1) is 0 Å². The van der Waals surface area contributed by atoms with E-state index in [0.29, 0.717) is 16.1 Å². The molecule has 1 heterocycles. The van der Waals surface area contributed by atoms with Crippen molar-refractivity contribution in [3.8, 4) is 11.3 Å². The number of hydrogen-bond donors (Lipinski definition) is 0. The topological polar surface area (TPSA) is 26.0 Å². The lowest BCUT2D eigenvalue weighted by molar-refractivity contribution is 0.521. The molecule has 0 atom stereocenters. The van der Waals surface area contributed by atoms with Crippen LogP contribution in [0.4, 0.5) is 4.39 Å². The van der Waals surface area contributed by atoms with Crippen LogP contribution in [0.5, 0.6) is 0 Å². The van der Waals surface area contributed by atoms with E-state index in [-0.39, 0.29) is 5.82 Å². The zero-order chi connectivity index (χ0) is 10.1. The van der Waals surface area contributed by atoms with E-state index >= 15 is 0 Å². The summed E-state index contributed by atoms with van der Waals surface area (Å²) in [5.41, 5.74) is 1.54. The van der Waals surface area contributed by atoms with Crippen LogP contribution in [-0.2, 0) is 0 Å². The van der Waals surface area contributed by atoms with Crippen molar-refractivity contribution in [3.63, 3.8) is 0 Å². The summed E-state index contributed by atoms with van der Waals surface area (Å²) in [5.74, 6) is 0.314. The van der Waals surface area contributed by atoms with Gasteiger partial charge in [0.1, 0.15) is 17.8 Å². The predicted molar refractivity (Wildman–Crippen MR) is 54.3 cm³/mol. The molecule has 4 heteroatoms. The normalized spacial score (nSPS) is 10.5. The lowest BCUT2D eigenvalue weighted by atomic mass is 10.2. The van der Waals surface area contributed by atoms with Gasteiger partial charge in [0, 0.05) is 12.5 Å². The van der Waals surface area contributed by atoms with Gasteiger partial charge < -0.3 is 4.42 Å². The Kier molecular flexibility index (Phi) is 2.37. The summed E-state index contributed by atoms with van der Waals surface area (Å²) < 4.78 is 18.4. The minimum atomic E-state index is -0.283. The smallest absolute Gasteiger partial charge is 0.191 e. The highest BCUT2D eigenvalue weighted by atomic mass is 79.9. The van der Waals surface area contributed by atoms with Crippen LogP contribution in [0, 0.1) is 12.7 Å². The molecule has 0 bridgehead atoms. The molecule has 0 fully saturated rings. The van der Waals surface area contributed by atoms with E-state index in [0.717, 1.165) is 5.56 Å². The van der Waals surface area contributed by atoms with Gasteiger partial charge in [0.05, 0.1) is 4.47 Å². The first-order chi connectivity index (χ1) is 6.66. The van der Waals surface area contributed by atoms with Crippen LogP contribution in [-0.4, -0.2) is 4.98 Å². The quantitative estimate of drug-likeness (QED) is 0.779. The van der Waals surface area contributed by atoms with Crippen LogP contribution < -0.4 is 0 Å². The predicted octanol–water partition coefficient (Wildman–Crippen LogP) is 3.55. The van der Waals surface area contributed by atoms with E-state index in [1.165, 1.54) is 6.07 Å². The maximum absolute atomic E-state index is 12.9. The molecule has 2 nitrogen and oxygen atoms in total. The van der Waals surface area contributed by atoms with Crippen molar-refractivity contribution in [3.05, 3.63) is 40.6 Å². The fourth-order valence-corrected chi connectivity index (χ4v) is 1.53. The molecule has 0 N–H and O–H groups in total. The van der Waals surface area contributed by atoms with Crippen LogP contribution in [0.3, 0.4) is 0 Å². The van der Waals surface area contributed by atoms with E-state index < -0.39 is 0 Å². The van der Waals surface area contributed by atoms with Crippen LogP contribution in [0.1, 0.15) is 5.89 Å². The Morgan fingerprint density at radius 2 is 2.21 bits per heavy atom. The fourth-order valence-electron chi connectivity index (χ4n) is 1.15. The molecule has 0 saturated heterocycles. The molecule has 1 aromatic heterocycles. The minimum absolute atomic E-state index is 0.283. The van der Waals surface area contributed by atoms with E-state index in [4.69, 9.17) is 4.42 Å². The zero-order valence-corrected chi connectivity index (χ0v) is 9.01. The number of nitrogens with zero attached hydrogens (tertiary/aromatic N) is 1. The Hall–Kier alpha value is -1.16. The Labute approximate surface area is 88.9 Å². The van der Waals surface area contributed by atoms with Gasteiger partial charge in [-0.1, -0.05) is 0 Å². The standard InChI is InChI=1S/C10H7BrFNO/c1-6-13-10(5-14-6)7-2-3-9(12)8(11)4-7/h2-5H,1H3. The van der Waals surface area contributed by atoms with E-state index in [9.17, 15) is 4.39 Å². The molecular formula is C10H7BrFNO. The Morgan fingerprint density at radius 1 is 1.43 bits per heavy atom.